The Hall–Kier alpha value is -2.59. The third kappa shape index (κ3) is 6.09. The minimum atomic E-state index is -4.52. The molecule has 184 valence electrons. The molecule has 11 heteroatoms. The van der Waals surface area contributed by atoms with Crippen molar-refractivity contribution in [3.05, 3.63) is 52.9 Å². The van der Waals surface area contributed by atoms with Crippen molar-refractivity contribution in [2.45, 2.75) is 44.6 Å². The van der Waals surface area contributed by atoms with Crippen LogP contribution >= 0.6 is 11.6 Å². The molecule has 2 fully saturated rings. The van der Waals surface area contributed by atoms with Gasteiger partial charge >= 0.3 is 12.3 Å². The number of carbonyl (C=O) groups is 1. The Balaban J connectivity index is 1.23. The summed E-state index contributed by atoms with van der Waals surface area (Å²) in [6, 6.07) is 7.64. The first-order valence-corrected chi connectivity index (χ1v) is 11.6. The molecule has 0 unspecified atom stereocenters. The summed E-state index contributed by atoms with van der Waals surface area (Å²) < 4.78 is 43.9. The maximum atomic E-state index is 12.8. The highest BCUT2D eigenvalue weighted by Crippen LogP contribution is 2.28. The second-order valence-corrected chi connectivity index (χ2v) is 9.17. The second kappa shape index (κ2) is 10.4. The molecule has 0 radical (unpaired) electrons. The minimum Gasteiger partial charge on any atom is -0.446 e. The molecule has 1 amide bonds. The number of alkyl halides is 3. The van der Waals surface area contributed by atoms with Crippen LogP contribution in [0, 0.1) is 0 Å². The van der Waals surface area contributed by atoms with Gasteiger partial charge in [0, 0.05) is 50.3 Å². The van der Waals surface area contributed by atoms with Crippen LogP contribution < -0.4 is 4.90 Å². The van der Waals surface area contributed by atoms with Gasteiger partial charge in [-0.25, -0.2) is 14.8 Å². The molecule has 0 aliphatic carbocycles. The van der Waals surface area contributed by atoms with E-state index in [1.165, 1.54) is 5.56 Å². The van der Waals surface area contributed by atoms with Gasteiger partial charge in [0.05, 0.1) is 12.4 Å². The van der Waals surface area contributed by atoms with Crippen molar-refractivity contribution < 1.29 is 22.7 Å². The molecule has 2 aliphatic heterocycles. The molecule has 1 aromatic heterocycles. The lowest BCUT2D eigenvalue weighted by Crippen LogP contribution is -2.55. The van der Waals surface area contributed by atoms with E-state index in [1.54, 1.807) is 4.90 Å². The zero-order chi connectivity index (χ0) is 24.3. The number of anilines is 1. The lowest BCUT2D eigenvalue weighted by Gasteiger charge is -2.40. The highest BCUT2D eigenvalue weighted by molar-refractivity contribution is 6.30. The number of halogens is 4. The third-order valence-electron chi connectivity index (χ3n) is 6.24. The number of carbonyl (C=O) groups excluding carboxylic acids is 1. The normalized spacial score (nSPS) is 20.4. The van der Waals surface area contributed by atoms with Crippen molar-refractivity contribution in [2.24, 2.45) is 0 Å². The Bertz CT molecular complexity index is 966. The van der Waals surface area contributed by atoms with Crippen LogP contribution in [0.5, 0.6) is 0 Å². The summed E-state index contributed by atoms with van der Waals surface area (Å²) in [5.41, 5.74) is 0.176. The van der Waals surface area contributed by atoms with Crippen molar-refractivity contribution >= 4 is 23.5 Å². The molecule has 0 spiro atoms. The van der Waals surface area contributed by atoms with E-state index in [-0.39, 0.29) is 18.2 Å². The predicted octanol–water partition coefficient (Wildman–Crippen LogP) is 4.46. The molecule has 2 saturated heterocycles. The van der Waals surface area contributed by atoms with Crippen molar-refractivity contribution in [2.75, 3.05) is 37.6 Å². The van der Waals surface area contributed by atoms with Gasteiger partial charge in [-0.2, -0.15) is 13.2 Å². The Kier molecular flexibility index (Phi) is 7.47. The van der Waals surface area contributed by atoms with Gasteiger partial charge in [-0.15, -0.1) is 0 Å². The monoisotopic (exact) mass is 497 g/mol. The van der Waals surface area contributed by atoms with E-state index < -0.39 is 11.9 Å². The van der Waals surface area contributed by atoms with Gasteiger partial charge in [-0.05, 0) is 37.5 Å². The summed E-state index contributed by atoms with van der Waals surface area (Å²) >= 11 is 5.94. The van der Waals surface area contributed by atoms with Crippen molar-refractivity contribution in [1.82, 2.24) is 19.8 Å². The fraction of sp³-hybridized carbons (Fsp3) is 0.522. The van der Waals surface area contributed by atoms with Gasteiger partial charge in [0.1, 0.15) is 11.9 Å². The largest absolute Gasteiger partial charge is 0.446 e. The zero-order valence-corrected chi connectivity index (χ0v) is 19.6. The number of amides is 1. The van der Waals surface area contributed by atoms with E-state index in [2.05, 4.69) is 14.9 Å². The van der Waals surface area contributed by atoms with Gasteiger partial charge in [-0.3, -0.25) is 4.90 Å². The standard InChI is InChI=1S/C23H27ClF3N5O2/c1-16-14-31(21-13-28-20(12-29-21)23(25,26)27)10-11-32(16)22(33)34-19-6-8-30(9-7-19)15-17-2-4-18(24)5-3-17/h2-5,12-13,16,19H,6-11,14-15H2,1H3/t16-/m1/s1. The quantitative estimate of drug-likeness (QED) is 0.621. The maximum absolute atomic E-state index is 12.8. The molecule has 34 heavy (non-hydrogen) atoms. The number of benzene rings is 1. The van der Waals surface area contributed by atoms with Crippen LogP contribution in [0.25, 0.3) is 0 Å². The Morgan fingerprint density at radius 3 is 2.38 bits per heavy atom. The number of piperazine rings is 1. The topological polar surface area (TPSA) is 61.8 Å². The number of likely N-dealkylation sites (tertiary alicyclic amines) is 1. The van der Waals surface area contributed by atoms with E-state index in [1.807, 2.05) is 36.1 Å². The molecule has 0 bridgehead atoms. The van der Waals surface area contributed by atoms with E-state index >= 15 is 0 Å². The number of ether oxygens (including phenoxy) is 1. The van der Waals surface area contributed by atoms with E-state index in [4.69, 9.17) is 16.3 Å². The van der Waals surface area contributed by atoms with Crippen LogP contribution in [-0.2, 0) is 17.5 Å². The summed E-state index contributed by atoms with van der Waals surface area (Å²) in [7, 11) is 0. The van der Waals surface area contributed by atoms with E-state index in [9.17, 15) is 18.0 Å². The Labute approximate surface area is 201 Å². The van der Waals surface area contributed by atoms with Crippen LogP contribution in [0.2, 0.25) is 5.02 Å². The summed E-state index contributed by atoms with van der Waals surface area (Å²) in [5.74, 6) is 0.362. The molecule has 0 N–H and O–H groups in total. The average molecular weight is 498 g/mol. The summed E-state index contributed by atoms with van der Waals surface area (Å²) in [4.78, 5) is 26.0. The summed E-state index contributed by atoms with van der Waals surface area (Å²) in [5, 5.41) is 0.719. The van der Waals surface area contributed by atoms with Crippen LogP contribution in [-0.4, -0.2) is 70.7 Å². The molecule has 2 aromatic rings. The first-order chi connectivity index (χ1) is 16.2. The smallest absolute Gasteiger partial charge is 0.434 e. The number of rotatable bonds is 4. The molecule has 2 aliphatic rings. The fourth-order valence-corrected chi connectivity index (χ4v) is 4.44. The van der Waals surface area contributed by atoms with Crippen LogP contribution in [0.15, 0.2) is 36.7 Å². The first kappa shape index (κ1) is 24.5. The molecule has 7 nitrogen and oxygen atoms in total. The molecule has 3 heterocycles. The molecule has 4 rings (SSSR count). The molecular formula is C23H27ClF3N5O2. The van der Waals surface area contributed by atoms with Crippen molar-refractivity contribution in [3.63, 3.8) is 0 Å². The van der Waals surface area contributed by atoms with E-state index in [0.29, 0.717) is 25.5 Å². The zero-order valence-electron chi connectivity index (χ0n) is 18.8. The maximum Gasteiger partial charge on any atom is 0.434 e. The third-order valence-corrected chi connectivity index (χ3v) is 6.49. The first-order valence-electron chi connectivity index (χ1n) is 11.3. The van der Waals surface area contributed by atoms with E-state index in [0.717, 1.165) is 49.9 Å². The lowest BCUT2D eigenvalue weighted by molar-refractivity contribution is -0.141. The van der Waals surface area contributed by atoms with Gasteiger partial charge in [0.2, 0.25) is 0 Å². The van der Waals surface area contributed by atoms with Crippen LogP contribution in [0.3, 0.4) is 0 Å². The number of aromatic nitrogens is 2. The number of piperidine rings is 1. The molecule has 1 atom stereocenters. The fourth-order valence-electron chi connectivity index (χ4n) is 4.31. The van der Waals surface area contributed by atoms with Crippen molar-refractivity contribution in [1.29, 1.82) is 0 Å². The molecule has 1 aromatic carbocycles. The lowest BCUT2D eigenvalue weighted by atomic mass is 10.1. The second-order valence-electron chi connectivity index (χ2n) is 8.73. The SMILES string of the molecule is C[C@@H]1CN(c2cnc(C(F)(F)F)cn2)CCN1C(=O)OC1CCN(Cc2ccc(Cl)cc2)CC1. The Morgan fingerprint density at radius 2 is 1.79 bits per heavy atom. The van der Waals surface area contributed by atoms with Crippen LogP contribution in [0.4, 0.5) is 23.8 Å². The van der Waals surface area contributed by atoms with Gasteiger partial charge in [-0.1, -0.05) is 23.7 Å². The average Bonchev–Trinajstić information content (AvgIpc) is 2.81. The number of hydrogen-bond acceptors (Lipinski definition) is 6. The van der Waals surface area contributed by atoms with Gasteiger partial charge in [0.15, 0.2) is 5.69 Å². The highest BCUT2D eigenvalue weighted by Gasteiger charge is 2.34. The van der Waals surface area contributed by atoms with Gasteiger partial charge < -0.3 is 14.5 Å². The minimum absolute atomic E-state index is 0.125. The summed E-state index contributed by atoms with van der Waals surface area (Å²) in [6.45, 7) is 5.70. The predicted molar refractivity (Wildman–Crippen MR) is 122 cm³/mol. The highest BCUT2D eigenvalue weighted by atomic mass is 35.5. The summed E-state index contributed by atoms with van der Waals surface area (Å²) in [6.07, 6.45) is -1.58. The Morgan fingerprint density at radius 1 is 1.09 bits per heavy atom. The molecule has 0 saturated carbocycles. The van der Waals surface area contributed by atoms with Gasteiger partial charge in [0.25, 0.3) is 0 Å². The number of nitrogens with zero attached hydrogens (tertiary/aromatic N) is 5. The van der Waals surface area contributed by atoms with Crippen LogP contribution in [0.1, 0.15) is 31.0 Å². The molecular weight excluding hydrogens is 471 g/mol. The number of hydrogen-bond donors (Lipinski definition) is 0. The van der Waals surface area contributed by atoms with Crippen molar-refractivity contribution in [3.8, 4) is 0 Å².